The van der Waals surface area contributed by atoms with Crippen LogP contribution >= 0.6 is 0 Å². The summed E-state index contributed by atoms with van der Waals surface area (Å²) in [4.78, 5) is 8.73. The third-order valence-corrected chi connectivity index (χ3v) is 2.72. The van der Waals surface area contributed by atoms with Gasteiger partial charge in [-0.15, -0.1) is 0 Å². The van der Waals surface area contributed by atoms with Crippen molar-refractivity contribution >= 4 is 0 Å². The fourth-order valence-corrected chi connectivity index (χ4v) is 1.87. The van der Waals surface area contributed by atoms with Crippen molar-refractivity contribution in [2.45, 2.75) is 53.0 Å². The van der Waals surface area contributed by atoms with Crippen molar-refractivity contribution < 1.29 is 0 Å². The second-order valence-corrected chi connectivity index (χ2v) is 4.31. The topological polar surface area (TPSA) is 37.8 Å². The maximum absolute atomic E-state index is 4.36. The van der Waals surface area contributed by atoms with E-state index in [1.807, 2.05) is 0 Å². The molecule has 1 aromatic rings. The lowest BCUT2D eigenvalue weighted by Crippen LogP contribution is -2.25. The van der Waals surface area contributed by atoms with Gasteiger partial charge >= 0.3 is 0 Å². The molecule has 0 aliphatic heterocycles. The summed E-state index contributed by atoms with van der Waals surface area (Å²) in [6, 6.07) is 0.541. The van der Waals surface area contributed by atoms with Crippen LogP contribution in [0.15, 0.2) is 6.33 Å². The van der Waals surface area contributed by atoms with Crippen molar-refractivity contribution in [2.24, 2.45) is 0 Å². The smallest absolute Gasteiger partial charge is 0.115 e. The Morgan fingerprint density at radius 3 is 2.12 bits per heavy atom. The van der Waals surface area contributed by atoms with Crippen LogP contribution in [0.25, 0.3) is 0 Å². The molecule has 0 saturated heterocycles. The van der Waals surface area contributed by atoms with Gasteiger partial charge in [0.15, 0.2) is 0 Å². The highest BCUT2D eigenvalue weighted by Crippen LogP contribution is 2.12. The number of aryl methyl sites for hydroxylation is 2. The molecule has 0 radical (unpaired) electrons. The van der Waals surface area contributed by atoms with Crippen LogP contribution in [0, 0.1) is 0 Å². The van der Waals surface area contributed by atoms with E-state index >= 15 is 0 Å². The van der Waals surface area contributed by atoms with E-state index in [4.69, 9.17) is 0 Å². The summed E-state index contributed by atoms with van der Waals surface area (Å²) in [5, 5.41) is 3.44. The van der Waals surface area contributed by atoms with Crippen LogP contribution in [0.3, 0.4) is 0 Å². The monoisotopic (exact) mass is 221 g/mol. The molecule has 1 heterocycles. The predicted octanol–water partition coefficient (Wildman–Crippen LogP) is 2.14. The number of hydrogen-bond acceptors (Lipinski definition) is 3. The first kappa shape index (κ1) is 13.1. The molecule has 1 rings (SSSR count). The fraction of sp³-hybridized carbons (Fsp3) is 0.692. The predicted molar refractivity (Wildman–Crippen MR) is 67.6 cm³/mol. The largest absolute Gasteiger partial charge is 0.314 e. The van der Waals surface area contributed by atoms with Crippen molar-refractivity contribution in [3.05, 3.63) is 23.3 Å². The Bertz CT molecular complexity index is 299. The van der Waals surface area contributed by atoms with E-state index in [1.165, 1.54) is 17.0 Å². The normalized spacial score (nSPS) is 11.1. The molecule has 0 spiro atoms. The molecular formula is C13H23N3. The van der Waals surface area contributed by atoms with Crippen molar-refractivity contribution in [3.8, 4) is 0 Å². The summed E-state index contributed by atoms with van der Waals surface area (Å²) in [6.07, 6.45) is 4.71. The van der Waals surface area contributed by atoms with Crippen molar-refractivity contribution in [1.29, 1.82) is 0 Å². The zero-order valence-electron chi connectivity index (χ0n) is 10.9. The Labute approximate surface area is 98.7 Å². The molecule has 90 valence electrons. The molecule has 0 aromatic carbocycles. The summed E-state index contributed by atoms with van der Waals surface area (Å²) in [5.41, 5.74) is 3.76. The van der Waals surface area contributed by atoms with Gasteiger partial charge in [0.25, 0.3) is 0 Å². The zero-order chi connectivity index (χ0) is 12.0. The Morgan fingerprint density at radius 2 is 1.69 bits per heavy atom. The Morgan fingerprint density at radius 1 is 1.12 bits per heavy atom. The van der Waals surface area contributed by atoms with Gasteiger partial charge in [0.2, 0.25) is 0 Å². The third-order valence-electron chi connectivity index (χ3n) is 2.72. The highest BCUT2D eigenvalue weighted by molar-refractivity contribution is 5.25. The molecule has 1 N–H and O–H groups in total. The number of nitrogens with zero attached hydrogens (tertiary/aromatic N) is 2. The zero-order valence-corrected chi connectivity index (χ0v) is 10.9. The van der Waals surface area contributed by atoms with Crippen LogP contribution in [0.2, 0.25) is 0 Å². The van der Waals surface area contributed by atoms with E-state index in [9.17, 15) is 0 Å². The molecule has 3 heteroatoms. The number of aromatic nitrogens is 2. The van der Waals surface area contributed by atoms with Crippen molar-refractivity contribution in [3.63, 3.8) is 0 Å². The number of rotatable bonds is 6. The lowest BCUT2D eigenvalue weighted by Gasteiger charge is -2.12. The molecule has 0 unspecified atom stereocenters. The molecule has 0 fully saturated rings. The maximum atomic E-state index is 4.36. The molecule has 0 saturated carbocycles. The fourth-order valence-electron chi connectivity index (χ4n) is 1.87. The SMILES string of the molecule is CCc1ncnc(CC)c1CCNC(C)C. The summed E-state index contributed by atoms with van der Waals surface area (Å²) in [7, 11) is 0. The molecule has 0 atom stereocenters. The first-order valence-corrected chi connectivity index (χ1v) is 6.24. The van der Waals surface area contributed by atoms with E-state index in [0.717, 1.165) is 25.8 Å². The van der Waals surface area contributed by atoms with Gasteiger partial charge in [-0.25, -0.2) is 9.97 Å². The highest BCUT2D eigenvalue weighted by atomic mass is 14.9. The van der Waals surface area contributed by atoms with Gasteiger partial charge in [-0.3, -0.25) is 0 Å². The molecule has 3 nitrogen and oxygen atoms in total. The maximum Gasteiger partial charge on any atom is 0.115 e. The minimum atomic E-state index is 0.541. The van der Waals surface area contributed by atoms with Gasteiger partial charge in [0.05, 0.1) is 0 Å². The minimum Gasteiger partial charge on any atom is -0.314 e. The van der Waals surface area contributed by atoms with Crippen molar-refractivity contribution in [2.75, 3.05) is 6.54 Å². The van der Waals surface area contributed by atoms with E-state index in [-0.39, 0.29) is 0 Å². The second kappa shape index (κ2) is 6.59. The summed E-state index contributed by atoms with van der Waals surface area (Å²) in [6.45, 7) is 9.65. The van der Waals surface area contributed by atoms with Crippen LogP contribution in [-0.4, -0.2) is 22.6 Å². The van der Waals surface area contributed by atoms with Crippen LogP contribution in [0.4, 0.5) is 0 Å². The van der Waals surface area contributed by atoms with Crippen molar-refractivity contribution in [1.82, 2.24) is 15.3 Å². The van der Waals surface area contributed by atoms with Crippen LogP contribution in [0.1, 0.15) is 44.6 Å². The van der Waals surface area contributed by atoms with Crippen LogP contribution in [-0.2, 0) is 19.3 Å². The average Bonchev–Trinajstić information content (AvgIpc) is 2.28. The highest BCUT2D eigenvalue weighted by Gasteiger charge is 2.08. The first-order valence-electron chi connectivity index (χ1n) is 6.24. The molecule has 1 aromatic heterocycles. The Kier molecular flexibility index (Phi) is 5.39. The minimum absolute atomic E-state index is 0.541. The molecule has 0 amide bonds. The van der Waals surface area contributed by atoms with E-state index in [2.05, 4.69) is 43.0 Å². The van der Waals surface area contributed by atoms with Gasteiger partial charge in [-0.05, 0) is 31.4 Å². The van der Waals surface area contributed by atoms with Gasteiger partial charge in [-0.2, -0.15) is 0 Å². The molecule has 0 aliphatic carbocycles. The van der Waals surface area contributed by atoms with Gasteiger partial charge in [0.1, 0.15) is 6.33 Å². The lowest BCUT2D eigenvalue weighted by atomic mass is 10.0. The molecule has 16 heavy (non-hydrogen) atoms. The standard InChI is InChI=1S/C13H23N3/c1-5-12-11(7-8-14-10(3)4)13(6-2)16-9-15-12/h9-10,14H,5-8H2,1-4H3. The average molecular weight is 221 g/mol. The Hall–Kier alpha value is -0.960. The quantitative estimate of drug-likeness (QED) is 0.799. The van der Waals surface area contributed by atoms with Gasteiger partial charge in [0, 0.05) is 17.4 Å². The Balaban J connectivity index is 2.74. The van der Waals surface area contributed by atoms with Crippen LogP contribution in [0.5, 0.6) is 0 Å². The number of nitrogens with one attached hydrogen (secondary N) is 1. The second-order valence-electron chi connectivity index (χ2n) is 4.31. The summed E-state index contributed by atoms with van der Waals surface area (Å²) in [5.74, 6) is 0. The summed E-state index contributed by atoms with van der Waals surface area (Å²) >= 11 is 0. The first-order chi connectivity index (χ1) is 7.69. The number of hydrogen-bond donors (Lipinski definition) is 1. The van der Waals surface area contributed by atoms with Gasteiger partial charge < -0.3 is 5.32 Å². The van der Waals surface area contributed by atoms with Gasteiger partial charge in [-0.1, -0.05) is 27.7 Å². The molecule has 0 bridgehead atoms. The van der Waals surface area contributed by atoms with E-state index < -0.39 is 0 Å². The summed E-state index contributed by atoms with van der Waals surface area (Å²) < 4.78 is 0. The van der Waals surface area contributed by atoms with Crippen LogP contribution < -0.4 is 5.32 Å². The third kappa shape index (κ3) is 3.56. The lowest BCUT2D eigenvalue weighted by molar-refractivity contribution is 0.586. The molecular weight excluding hydrogens is 198 g/mol. The molecule has 0 aliphatic rings. The van der Waals surface area contributed by atoms with E-state index in [1.54, 1.807) is 6.33 Å². The van der Waals surface area contributed by atoms with E-state index in [0.29, 0.717) is 6.04 Å².